The van der Waals surface area contributed by atoms with E-state index in [9.17, 15) is 14.4 Å². The summed E-state index contributed by atoms with van der Waals surface area (Å²) in [6, 6.07) is 1.83. The Balaban J connectivity index is 2.11. The first kappa shape index (κ1) is 26.7. The van der Waals surface area contributed by atoms with Crippen molar-refractivity contribution in [2.45, 2.75) is 45.6 Å². The molecule has 1 aliphatic carbocycles. The lowest BCUT2D eigenvalue weighted by Gasteiger charge is -2.27. The number of aryl methyl sites for hydroxylation is 1. The SMILES string of the molecule is C#CCOC(=O)C1=C(C(=O)N(Cc2cnccc2C)c2c(Cl)sc(CC(=O)OC)c2Cl)CCCC1. The number of nitrogens with zero attached hydrogens (tertiary/aromatic N) is 2. The summed E-state index contributed by atoms with van der Waals surface area (Å²) in [6.07, 6.45) is 10.8. The van der Waals surface area contributed by atoms with Gasteiger partial charge in [-0.1, -0.05) is 29.1 Å². The molecule has 1 aliphatic rings. The molecule has 2 aromatic heterocycles. The van der Waals surface area contributed by atoms with E-state index >= 15 is 0 Å². The monoisotopic (exact) mass is 534 g/mol. The van der Waals surface area contributed by atoms with Crippen molar-refractivity contribution in [1.29, 1.82) is 0 Å². The number of carbonyl (C=O) groups excluding carboxylic acids is 3. The molecule has 0 aliphatic heterocycles. The largest absolute Gasteiger partial charge is 0.469 e. The van der Waals surface area contributed by atoms with Crippen LogP contribution in [-0.2, 0) is 36.8 Å². The fourth-order valence-corrected chi connectivity index (χ4v) is 5.63. The molecule has 2 heterocycles. The molecule has 7 nitrogen and oxygen atoms in total. The smallest absolute Gasteiger partial charge is 0.335 e. The zero-order valence-corrected chi connectivity index (χ0v) is 21.7. The number of pyridine rings is 1. The van der Waals surface area contributed by atoms with Crippen molar-refractivity contribution < 1.29 is 23.9 Å². The Kier molecular flexibility index (Phi) is 9.33. The topological polar surface area (TPSA) is 85.8 Å². The molecule has 0 N–H and O–H groups in total. The van der Waals surface area contributed by atoms with Crippen LogP contribution in [0.15, 0.2) is 29.6 Å². The van der Waals surface area contributed by atoms with Crippen molar-refractivity contribution in [2.24, 2.45) is 0 Å². The molecule has 0 saturated heterocycles. The highest BCUT2D eigenvalue weighted by Gasteiger charge is 2.33. The van der Waals surface area contributed by atoms with Gasteiger partial charge in [0, 0.05) is 28.4 Å². The highest BCUT2D eigenvalue weighted by atomic mass is 35.5. The Bertz CT molecular complexity index is 1210. The predicted octanol–water partition coefficient (Wildman–Crippen LogP) is 5.05. The fourth-order valence-electron chi connectivity index (χ4n) is 3.77. The number of rotatable bonds is 8. The molecule has 0 spiro atoms. The summed E-state index contributed by atoms with van der Waals surface area (Å²) in [6.45, 7) is 1.84. The third kappa shape index (κ3) is 6.23. The van der Waals surface area contributed by atoms with Gasteiger partial charge < -0.3 is 14.4 Å². The number of amides is 1. The van der Waals surface area contributed by atoms with Crippen LogP contribution in [0.4, 0.5) is 5.69 Å². The van der Waals surface area contributed by atoms with Crippen molar-refractivity contribution in [3.05, 3.63) is 55.0 Å². The van der Waals surface area contributed by atoms with Gasteiger partial charge in [0.15, 0.2) is 6.61 Å². The lowest BCUT2D eigenvalue weighted by atomic mass is 9.90. The van der Waals surface area contributed by atoms with Gasteiger partial charge in [0.1, 0.15) is 4.34 Å². The summed E-state index contributed by atoms with van der Waals surface area (Å²) >= 11 is 14.3. The first-order chi connectivity index (χ1) is 16.8. The Morgan fingerprint density at radius 1 is 1.23 bits per heavy atom. The molecule has 35 heavy (non-hydrogen) atoms. The van der Waals surface area contributed by atoms with Crippen LogP contribution in [0.25, 0.3) is 0 Å². The Morgan fingerprint density at radius 3 is 2.60 bits per heavy atom. The molecule has 0 bridgehead atoms. The lowest BCUT2D eigenvalue weighted by molar-refractivity contribution is -0.140. The van der Waals surface area contributed by atoms with Crippen LogP contribution >= 0.6 is 34.5 Å². The van der Waals surface area contributed by atoms with Crippen LogP contribution in [0.1, 0.15) is 41.7 Å². The average molecular weight is 535 g/mol. The van der Waals surface area contributed by atoms with Crippen molar-refractivity contribution in [3.8, 4) is 12.3 Å². The van der Waals surface area contributed by atoms with E-state index < -0.39 is 17.8 Å². The second kappa shape index (κ2) is 12.2. The number of esters is 2. The number of terminal acetylenes is 1. The quantitative estimate of drug-likeness (QED) is 0.347. The normalized spacial score (nSPS) is 13.2. The van der Waals surface area contributed by atoms with Crippen LogP contribution in [0, 0.1) is 19.3 Å². The van der Waals surface area contributed by atoms with Crippen LogP contribution in [0.5, 0.6) is 0 Å². The molecule has 0 unspecified atom stereocenters. The van der Waals surface area contributed by atoms with E-state index in [2.05, 4.69) is 10.9 Å². The van der Waals surface area contributed by atoms with Crippen molar-refractivity contribution >= 4 is 58.1 Å². The molecular formula is C25H24Cl2N2O5S. The minimum absolute atomic E-state index is 0.0833. The second-order valence-electron chi connectivity index (χ2n) is 7.85. The van der Waals surface area contributed by atoms with Gasteiger partial charge in [-0.25, -0.2) is 4.79 Å². The van der Waals surface area contributed by atoms with Gasteiger partial charge in [-0.2, -0.15) is 0 Å². The number of anilines is 1. The minimum Gasteiger partial charge on any atom is -0.469 e. The summed E-state index contributed by atoms with van der Waals surface area (Å²) < 4.78 is 10.1. The zero-order valence-electron chi connectivity index (χ0n) is 19.4. The predicted molar refractivity (Wildman–Crippen MR) is 136 cm³/mol. The van der Waals surface area contributed by atoms with Gasteiger partial charge in [-0.05, 0) is 49.8 Å². The van der Waals surface area contributed by atoms with E-state index in [0.29, 0.717) is 28.9 Å². The zero-order chi connectivity index (χ0) is 25.5. The van der Waals surface area contributed by atoms with Crippen LogP contribution < -0.4 is 4.90 Å². The van der Waals surface area contributed by atoms with E-state index in [1.54, 1.807) is 12.4 Å². The summed E-state index contributed by atoms with van der Waals surface area (Å²) in [5, 5.41) is 0.188. The summed E-state index contributed by atoms with van der Waals surface area (Å²) in [4.78, 5) is 44.6. The number of ether oxygens (including phenoxy) is 2. The molecule has 2 aromatic rings. The molecule has 10 heteroatoms. The van der Waals surface area contributed by atoms with Crippen molar-refractivity contribution in [1.82, 2.24) is 4.98 Å². The van der Waals surface area contributed by atoms with Gasteiger partial charge in [0.25, 0.3) is 5.91 Å². The molecular weight excluding hydrogens is 511 g/mol. The molecule has 0 aromatic carbocycles. The molecule has 0 radical (unpaired) electrons. The first-order valence-electron chi connectivity index (χ1n) is 10.9. The number of methoxy groups -OCH3 is 1. The van der Waals surface area contributed by atoms with E-state index in [0.717, 1.165) is 35.3 Å². The molecule has 0 fully saturated rings. The van der Waals surface area contributed by atoms with Gasteiger partial charge in [-0.15, -0.1) is 17.8 Å². The van der Waals surface area contributed by atoms with Crippen LogP contribution in [0.3, 0.4) is 0 Å². The van der Waals surface area contributed by atoms with E-state index in [1.165, 1.54) is 12.0 Å². The van der Waals surface area contributed by atoms with E-state index in [-0.39, 0.29) is 34.6 Å². The minimum atomic E-state index is -0.600. The maximum atomic E-state index is 14.0. The number of thiophene rings is 1. The second-order valence-corrected chi connectivity index (χ2v) is 9.94. The molecule has 0 atom stereocenters. The molecule has 184 valence electrons. The number of aromatic nitrogens is 1. The maximum absolute atomic E-state index is 14.0. The number of carbonyl (C=O) groups is 3. The highest BCUT2D eigenvalue weighted by Crippen LogP contribution is 2.45. The number of halogens is 2. The van der Waals surface area contributed by atoms with Crippen LogP contribution in [0.2, 0.25) is 9.36 Å². The Hall–Kier alpha value is -2.86. The number of hydrogen-bond donors (Lipinski definition) is 0. The fraction of sp³-hybridized carbons (Fsp3) is 0.360. The molecule has 0 saturated carbocycles. The molecule has 1 amide bonds. The number of hydrogen-bond acceptors (Lipinski definition) is 7. The summed E-state index contributed by atoms with van der Waals surface area (Å²) in [7, 11) is 1.28. The van der Waals surface area contributed by atoms with Crippen molar-refractivity contribution in [3.63, 3.8) is 0 Å². The third-order valence-corrected chi connectivity index (χ3v) is 7.53. The van der Waals surface area contributed by atoms with Gasteiger partial charge in [0.05, 0.1) is 30.8 Å². The first-order valence-corrected chi connectivity index (χ1v) is 12.4. The van der Waals surface area contributed by atoms with Gasteiger partial charge in [-0.3, -0.25) is 14.6 Å². The van der Waals surface area contributed by atoms with E-state index in [1.807, 2.05) is 13.0 Å². The Morgan fingerprint density at radius 2 is 1.94 bits per heavy atom. The summed E-state index contributed by atoms with van der Waals surface area (Å²) in [5.74, 6) is 0.777. The average Bonchev–Trinajstić information content (AvgIpc) is 3.13. The lowest BCUT2D eigenvalue weighted by Crippen LogP contribution is -2.34. The van der Waals surface area contributed by atoms with Gasteiger partial charge in [0.2, 0.25) is 0 Å². The standard InChI is InChI=1S/C25H24Cl2N2O5S/c1-4-11-34-25(32)18-8-6-5-7-17(18)24(31)29(14-16-13-28-10-9-15(16)2)22-21(26)19(35-23(22)27)12-20(30)33-3/h1,9-10,13H,5-8,11-12,14H2,2-3H3. The third-order valence-electron chi connectivity index (χ3n) is 5.63. The van der Waals surface area contributed by atoms with Crippen LogP contribution in [-0.4, -0.2) is 36.5 Å². The van der Waals surface area contributed by atoms with Crippen molar-refractivity contribution in [2.75, 3.05) is 18.6 Å². The van der Waals surface area contributed by atoms with Gasteiger partial charge >= 0.3 is 11.9 Å². The highest BCUT2D eigenvalue weighted by molar-refractivity contribution is 7.17. The Labute approximate surface area is 218 Å². The van der Waals surface area contributed by atoms with E-state index in [4.69, 9.17) is 39.1 Å². The summed E-state index contributed by atoms with van der Waals surface area (Å²) in [5.41, 5.74) is 2.62. The molecule has 3 rings (SSSR count). The maximum Gasteiger partial charge on any atom is 0.335 e.